The van der Waals surface area contributed by atoms with Crippen molar-refractivity contribution < 1.29 is 13.2 Å². The quantitative estimate of drug-likeness (QED) is 0.684. The molecule has 0 amide bonds. The van der Waals surface area contributed by atoms with E-state index in [9.17, 15) is 8.42 Å². The minimum atomic E-state index is -3.60. The van der Waals surface area contributed by atoms with Crippen molar-refractivity contribution >= 4 is 27.1 Å². The molecule has 7 heteroatoms. The largest absolute Gasteiger partial charge is 0.495 e. The maximum Gasteiger partial charge on any atom is 0.188 e. The normalized spacial score (nSPS) is 12.5. The average molecular weight is 379 g/mol. The van der Waals surface area contributed by atoms with Crippen molar-refractivity contribution in [1.82, 2.24) is 9.38 Å². The highest BCUT2D eigenvalue weighted by Crippen LogP contribution is 2.35. The molecule has 0 N–H and O–H groups in total. The van der Waals surface area contributed by atoms with Gasteiger partial charge in [-0.3, -0.25) is 4.40 Å². The second-order valence-corrected chi connectivity index (χ2v) is 9.75. The molecule has 132 valence electrons. The SMILES string of the molecule is COc1cc2ncc(-c3ccccc3Cl)n2cc1S(=O)(=O)C(C)(C)C. The fraction of sp³-hybridized carbons (Fsp3) is 0.278. The van der Waals surface area contributed by atoms with E-state index in [0.717, 1.165) is 5.56 Å². The van der Waals surface area contributed by atoms with Gasteiger partial charge in [-0.1, -0.05) is 29.8 Å². The highest BCUT2D eigenvalue weighted by atomic mass is 35.5. The minimum absolute atomic E-state index is 0.126. The van der Waals surface area contributed by atoms with Gasteiger partial charge < -0.3 is 4.74 Å². The maximum absolute atomic E-state index is 13.0. The topological polar surface area (TPSA) is 60.7 Å². The molecule has 0 saturated carbocycles. The molecule has 1 aromatic carbocycles. The van der Waals surface area contributed by atoms with Crippen LogP contribution >= 0.6 is 11.6 Å². The van der Waals surface area contributed by atoms with Crippen LogP contribution < -0.4 is 4.74 Å². The van der Waals surface area contributed by atoms with E-state index in [0.29, 0.717) is 16.4 Å². The van der Waals surface area contributed by atoms with Crippen molar-refractivity contribution in [3.63, 3.8) is 0 Å². The summed E-state index contributed by atoms with van der Waals surface area (Å²) in [5.41, 5.74) is 2.08. The first kappa shape index (κ1) is 17.8. The van der Waals surface area contributed by atoms with E-state index < -0.39 is 14.6 Å². The van der Waals surface area contributed by atoms with Crippen LogP contribution in [0.4, 0.5) is 0 Å². The van der Waals surface area contributed by atoms with Crippen molar-refractivity contribution in [3.05, 3.63) is 47.7 Å². The zero-order chi connectivity index (χ0) is 18.4. The van der Waals surface area contributed by atoms with Gasteiger partial charge in [0.1, 0.15) is 16.3 Å². The molecule has 0 aliphatic carbocycles. The van der Waals surface area contributed by atoms with Crippen molar-refractivity contribution in [2.75, 3.05) is 7.11 Å². The fourth-order valence-electron chi connectivity index (χ4n) is 2.55. The van der Waals surface area contributed by atoms with Crippen LogP contribution in [0.25, 0.3) is 16.9 Å². The number of hydrogen-bond acceptors (Lipinski definition) is 4. The molecule has 25 heavy (non-hydrogen) atoms. The van der Waals surface area contributed by atoms with Gasteiger partial charge in [0.25, 0.3) is 0 Å². The van der Waals surface area contributed by atoms with Crippen LogP contribution in [0.5, 0.6) is 5.75 Å². The van der Waals surface area contributed by atoms with Crippen LogP contribution in [-0.2, 0) is 9.84 Å². The number of nitrogens with zero attached hydrogens (tertiary/aromatic N) is 2. The molecule has 0 atom stereocenters. The number of benzene rings is 1. The van der Waals surface area contributed by atoms with Crippen LogP contribution in [0.2, 0.25) is 5.02 Å². The summed E-state index contributed by atoms with van der Waals surface area (Å²) in [5.74, 6) is 0.277. The number of sulfone groups is 1. The van der Waals surface area contributed by atoms with E-state index in [1.807, 2.05) is 18.2 Å². The summed E-state index contributed by atoms with van der Waals surface area (Å²) in [4.78, 5) is 4.49. The van der Waals surface area contributed by atoms with Crippen molar-refractivity contribution in [2.45, 2.75) is 30.4 Å². The molecule has 3 rings (SSSR count). The number of halogens is 1. The third-order valence-electron chi connectivity index (χ3n) is 4.04. The predicted molar refractivity (Wildman–Crippen MR) is 99.1 cm³/mol. The Balaban J connectivity index is 2.34. The Bertz CT molecular complexity index is 1050. The van der Waals surface area contributed by atoms with E-state index in [2.05, 4.69) is 4.98 Å². The molecule has 0 spiro atoms. The second-order valence-electron chi connectivity index (χ2n) is 6.67. The summed E-state index contributed by atoms with van der Waals surface area (Å²) >= 11 is 6.29. The van der Waals surface area contributed by atoms with Crippen LogP contribution in [0.15, 0.2) is 47.6 Å². The van der Waals surface area contributed by atoms with Gasteiger partial charge in [0.2, 0.25) is 0 Å². The van der Waals surface area contributed by atoms with E-state index in [-0.39, 0.29) is 10.6 Å². The fourth-order valence-corrected chi connectivity index (χ4v) is 4.09. The number of imidazole rings is 1. The molecular formula is C18H19ClN2O3S. The molecule has 2 heterocycles. The lowest BCUT2D eigenvalue weighted by atomic mass is 10.2. The molecule has 0 fully saturated rings. The van der Waals surface area contributed by atoms with Gasteiger partial charge in [0.05, 0.1) is 23.7 Å². The number of aromatic nitrogens is 2. The molecule has 0 aliphatic rings. The highest BCUT2D eigenvalue weighted by molar-refractivity contribution is 7.92. The lowest BCUT2D eigenvalue weighted by molar-refractivity contribution is 0.401. The molecule has 0 aliphatic heterocycles. The van der Waals surface area contributed by atoms with Crippen LogP contribution in [0, 0.1) is 0 Å². The molecule has 0 unspecified atom stereocenters. The standard InChI is InChI=1S/C18H19ClN2O3S/c1-18(2,3)25(22,23)16-11-21-14(12-7-5-6-8-13(12)19)10-20-17(21)9-15(16)24-4/h5-11H,1-4H3. The van der Waals surface area contributed by atoms with Gasteiger partial charge in [-0.15, -0.1) is 0 Å². The number of rotatable bonds is 3. The first-order chi connectivity index (χ1) is 11.7. The second kappa shape index (κ2) is 6.04. The van der Waals surface area contributed by atoms with Crippen LogP contribution in [0.1, 0.15) is 20.8 Å². The van der Waals surface area contributed by atoms with E-state index in [4.69, 9.17) is 16.3 Å². The molecule has 5 nitrogen and oxygen atoms in total. The number of pyridine rings is 1. The molecule has 2 aromatic heterocycles. The summed E-state index contributed by atoms with van der Waals surface area (Å²) < 4.78 is 32.0. The first-order valence-corrected chi connectivity index (χ1v) is 9.57. The monoisotopic (exact) mass is 378 g/mol. The molecular weight excluding hydrogens is 360 g/mol. The third-order valence-corrected chi connectivity index (χ3v) is 6.87. The van der Waals surface area contributed by atoms with E-state index >= 15 is 0 Å². The number of fused-ring (bicyclic) bond motifs is 1. The summed E-state index contributed by atoms with van der Waals surface area (Å²) in [6.07, 6.45) is 3.23. The molecule has 0 bridgehead atoms. The van der Waals surface area contributed by atoms with Gasteiger partial charge in [0.15, 0.2) is 9.84 Å². The van der Waals surface area contributed by atoms with Crippen molar-refractivity contribution in [1.29, 1.82) is 0 Å². The Kier molecular flexibility index (Phi) is 4.29. The van der Waals surface area contributed by atoms with Crippen molar-refractivity contribution in [2.24, 2.45) is 0 Å². The van der Waals surface area contributed by atoms with Gasteiger partial charge in [-0.2, -0.15) is 0 Å². The lowest BCUT2D eigenvalue weighted by Crippen LogP contribution is -2.28. The smallest absolute Gasteiger partial charge is 0.188 e. The molecule has 0 radical (unpaired) electrons. The average Bonchev–Trinajstić information content (AvgIpc) is 2.95. The van der Waals surface area contributed by atoms with Crippen molar-refractivity contribution in [3.8, 4) is 17.0 Å². The highest BCUT2D eigenvalue weighted by Gasteiger charge is 2.34. The third kappa shape index (κ3) is 2.89. The van der Waals surface area contributed by atoms with E-state index in [1.165, 1.54) is 7.11 Å². The summed E-state index contributed by atoms with van der Waals surface area (Å²) in [5, 5.41) is 0.570. The first-order valence-electron chi connectivity index (χ1n) is 7.71. The van der Waals surface area contributed by atoms with Gasteiger partial charge in [-0.25, -0.2) is 13.4 Å². The summed E-state index contributed by atoms with van der Waals surface area (Å²) in [6.45, 7) is 4.98. The summed E-state index contributed by atoms with van der Waals surface area (Å²) in [7, 11) is -2.15. The number of ether oxygens (including phenoxy) is 1. The minimum Gasteiger partial charge on any atom is -0.495 e. The van der Waals surface area contributed by atoms with E-state index in [1.54, 1.807) is 49.7 Å². The van der Waals surface area contributed by atoms with Gasteiger partial charge >= 0.3 is 0 Å². The maximum atomic E-state index is 13.0. The number of hydrogen-bond donors (Lipinski definition) is 0. The molecule has 3 aromatic rings. The lowest BCUT2D eigenvalue weighted by Gasteiger charge is -2.21. The molecule has 0 saturated heterocycles. The van der Waals surface area contributed by atoms with Crippen LogP contribution in [-0.4, -0.2) is 29.7 Å². The Hall–Kier alpha value is -2.05. The zero-order valence-electron chi connectivity index (χ0n) is 14.4. The Morgan fingerprint density at radius 1 is 1.20 bits per heavy atom. The van der Waals surface area contributed by atoms with Crippen LogP contribution in [0.3, 0.4) is 0 Å². The van der Waals surface area contributed by atoms with Gasteiger partial charge in [0, 0.05) is 22.8 Å². The Labute approximate surface area is 152 Å². The van der Waals surface area contributed by atoms with Gasteiger partial charge in [-0.05, 0) is 26.8 Å². The zero-order valence-corrected chi connectivity index (χ0v) is 16.0. The Morgan fingerprint density at radius 3 is 2.48 bits per heavy atom. The Morgan fingerprint density at radius 2 is 1.88 bits per heavy atom. The summed E-state index contributed by atoms with van der Waals surface area (Å²) in [6, 6.07) is 8.99. The number of methoxy groups -OCH3 is 1. The predicted octanol–water partition coefficient (Wildman–Crippen LogP) is 4.24.